The van der Waals surface area contributed by atoms with Crippen molar-refractivity contribution in [1.29, 1.82) is 0 Å². The maximum atomic E-state index is 12.0. The average molecular weight is 228 g/mol. The number of halogens is 3. The van der Waals surface area contributed by atoms with Gasteiger partial charge in [-0.05, 0) is 13.8 Å². The standard InChI is InChI=1S/C8H15F3N2O2/c1-5(15-3)7(2,6(12)14)13-4-8(9,10)11/h5,13H,4H2,1-3H3,(H2,12,14). The van der Waals surface area contributed by atoms with Crippen molar-refractivity contribution in [3.63, 3.8) is 0 Å². The number of hydrogen-bond acceptors (Lipinski definition) is 3. The number of amides is 1. The van der Waals surface area contributed by atoms with Crippen LogP contribution in [0.25, 0.3) is 0 Å². The molecule has 7 heteroatoms. The largest absolute Gasteiger partial charge is 0.401 e. The number of alkyl halides is 3. The van der Waals surface area contributed by atoms with Gasteiger partial charge in [0, 0.05) is 7.11 Å². The number of nitrogens with one attached hydrogen (secondary N) is 1. The zero-order valence-corrected chi connectivity index (χ0v) is 8.81. The molecule has 0 radical (unpaired) electrons. The minimum Gasteiger partial charge on any atom is -0.379 e. The molecule has 3 N–H and O–H groups in total. The summed E-state index contributed by atoms with van der Waals surface area (Å²) in [6.45, 7) is 1.45. The van der Waals surface area contributed by atoms with Gasteiger partial charge in [-0.2, -0.15) is 13.2 Å². The van der Waals surface area contributed by atoms with Crippen molar-refractivity contribution in [2.24, 2.45) is 5.73 Å². The van der Waals surface area contributed by atoms with Crippen LogP contribution in [-0.4, -0.2) is 37.4 Å². The summed E-state index contributed by atoms with van der Waals surface area (Å²) in [7, 11) is 1.29. The van der Waals surface area contributed by atoms with Crippen molar-refractivity contribution in [2.75, 3.05) is 13.7 Å². The van der Waals surface area contributed by atoms with Gasteiger partial charge in [0.2, 0.25) is 5.91 Å². The molecule has 2 unspecified atom stereocenters. The zero-order valence-electron chi connectivity index (χ0n) is 8.81. The lowest BCUT2D eigenvalue weighted by atomic mass is 9.95. The summed E-state index contributed by atoms with van der Waals surface area (Å²) in [4.78, 5) is 11.1. The monoisotopic (exact) mass is 228 g/mol. The third kappa shape index (κ3) is 4.05. The van der Waals surface area contributed by atoms with E-state index in [1.807, 2.05) is 0 Å². The Bertz CT molecular complexity index is 232. The van der Waals surface area contributed by atoms with Crippen molar-refractivity contribution in [3.8, 4) is 0 Å². The van der Waals surface area contributed by atoms with Gasteiger partial charge in [-0.1, -0.05) is 0 Å². The van der Waals surface area contributed by atoms with Crippen molar-refractivity contribution in [2.45, 2.75) is 31.7 Å². The van der Waals surface area contributed by atoms with Crippen LogP contribution >= 0.6 is 0 Å². The fourth-order valence-corrected chi connectivity index (χ4v) is 0.951. The molecule has 0 aromatic rings. The first kappa shape index (κ1) is 14.2. The summed E-state index contributed by atoms with van der Waals surface area (Å²) in [5.74, 6) is -0.888. The number of methoxy groups -OCH3 is 1. The molecule has 0 heterocycles. The summed E-state index contributed by atoms with van der Waals surface area (Å²) >= 11 is 0. The minimum absolute atomic E-state index is 0.752. The predicted octanol–water partition coefficient (Wildman–Crippen LogP) is 0.417. The molecule has 0 rings (SSSR count). The molecule has 0 fully saturated rings. The molecule has 0 aromatic carbocycles. The molecule has 0 aliphatic heterocycles. The molecule has 0 spiro atoms. The summed E-state index contributed by atoms with van der Waals surface area (Å²) in [6, 6.07) is 0. The highest BCUT2D eigenvalue weighted by Crippen LogP contribution is 2.17. The summed E-state index contributed by atoms with van der Waals surface area (Å²) in [6.07, 6.45) is -5.15. The molecule has 4 nitrogen and oxygen atoms in total. The lowest BCUT2D eigenvalue weighted by Gasteiger charge is -2.32. The van der Waals surface area contributed by atoms with Gasteiger partial charge in [0.15, 0.2) is 0 Å². The van der Waals surface area contributed by atoms with Crippen LogP contribution < -0.4 is 11.1 Å². The number of rotatable bonds is 5. The smallest absolute Gasteiger partial charge is 0.379 e. The number of nitrogens with two attached hydrogens (primary N) is 1. The molecule has 2 atom stereocenters. The van der Waals surface area contributed by atoms with Gasteiger partial charge < -0.3 is 10.5 Å². The molecule has 15 heavy (non-hydrogen) atoms. The molecule has 1 amide bonds. The Balaban J connectivity index is 4.61. The summed E-state index contributed by atoms with van der Waals surface area (Å²) in [5, 5.41) is 2.06. The number of carbonyl (C=O) groups excluding carboxylic acids is 1. The van der Waals surface area contributed by atoms with E-state index in [-0.39, 0.29) is 0 Å². The SMILES string of the molecule is COC(C)C(C)(NCC(F)(F)F)C(N)=O. The van der Waals surface area contributed by atoms with E-state index in [4.69, 9.17) is 10.5 Å². The van der Waals surface area contributed by atoms with E-state index in [9.17, 15) is 18.0 Å². The highest BCUT2D eigenvalue weighted by molar-refractivity contribution is 5.84. The first-order valence-electron chi connectivity index (χ1n) is 4.28. The van der Waals surface area contributed by atoms with Crippen LogP contribution in [0.3, 0.4) is 0 Å². The first-order valence-corrected chi connectivity index (χ1v) is 4.28. The Morgan fingerprint density at radius 3 is 2.27 bits per heavy atom. The molecular formula is C8H15F3N2O2. The van der Waals surface area contributed by atoms with Crippen LogP contribution in [0.4, 0.5) is 13.2 Å². The van der Waals surface area contributed by atoms with E-state index in [1.165, 1.54) is 21.0 Å². The summed E-state index contributed by atoms with van der Waals surface area (Å²) in [5.41, 5.74) is 3.49. The van der Waals surface area contributed by atoms with Crippen LogP contribution in [0.2, 0.25) is 0 Å². The fraction of sp³-hybridized carbons (Fsp3) is 0.875. The highest BCUT2D eigenvalue weighted by Gasteiger charge is 2.40. The van der Waals surface area contributed by atoms with Crippen molar-refractivity contribution in [1.82, 2.24) is 5.32 Å². The molecule has 0 aromatic heterocycles. The molecular weight excluding hydrogens is 213 g/mol. The Morgan fingerprint density at radius 2 is 2.00 bits per heavy atom. The van der Waals surface area contributed by atoms with E-state index in [0.29, 0.717) is 0 Å². The van der Waals surface area contributed by atoms with Crippen molar-refractivity contribution in [3.05, 3.63) is 0 Å². The molecule has 0 saturated heterocycles. The van der Waals surface area contributed by atoms with Crippen LogP contribution in [-0.2, 0) is 9.53 Å². The number of primary amides is 1. The quantitative estimate of drug-likeness (QED) is 0.716. The lowest BCUT2D eigenvalue weighted by Crippen LogP contribution is -2.62. The van der Waals surface area contributed by atoms with Gasteiger partial charge in [0.25, 0.3) is 0 Å². The van der Waals surface area contributed by atoms with E-state index in [1.54, 1.807) is 0 Å². The maximum absolute atomic E-state index is 12.0. The third-order valence-corrected chi connectivity index (χ3v) is 2.33. The zero-order chi connectivity index (χ0) is 12.3. The highest BCUT2D eigenvalue weighted by atomic mass is 19.4. The van der Waals surface area contributed by atoms with E-state index < -0.39 is 30.3 Å². The van der Waals surface area contributed by atoms with Crippen LogP contribution in [0.1, 0.15) is 13.8 Å². The van der Waals surface area contributed by atoms with Gasteiger partial charge >= 0.3 is 6.18 Å². The topological polar surface area (TPSA) is 64.3 Å². The van der Waals surface area contributed by atoms with E-state index in [0.717, 1.165) is 0 Å². The lowest BCUT2D eigenvalue weighted by molar-refractivity contribution is -0.141. The van der Waals surface area contributed by atoms with Gasteiger partial charge in [-0.15, -0.1) is 0 Å². The second-order valence-corrected chi connectivity index (χ2v) is 3.41. The van der Waals surface area contributed by atoms with Crippen molar-refractivity contribution < 1.29 is 22.7 Å². The third-order valence-electron chi connectivity index (χ3n) is 2.33. The van der Waals surface area contributed by atoms with Crippen molar-refractivity contribution >= 4 is 5.91 Å². The van der Waals surface area contributed by atoms with Gasteiger partial charge in [0.1, 0.15) is 5.54 Å². The van der Waals surface area contributed by atoms with E-state index >= 15 is 0 Å². The van der Waals surface area contributed by atoms with Crippen LogP contribution in [0.5, 0.6) is 0 Å². The minimum atomic E-state index is -4.40. The fourth-order valence-electron chi connectivity index (χ4n) is 0.951. The van der Waals surface area contributed by atoms with Crippen LogP contribution in [0.15, 0.2) is 0 Å². The molecule has 0 bridgehead atoms. The second kappa shape index (κ2) is 4.80. The van der Waals surface area contributed by atoms with Gasteiger partial charge in [0.05, 0.1) is 12.6 Å². The Hall–Kier alpha value is -0.820. The van der Waals surface area contributed by atoms with Crippen LogP contribution in [0, 0.1) is 0 Å². The Labute approximate surface area is 86.0 Å². The number of carbonyl (C=O) groups is 1. The predicted molar refractivity (Wildman–Crippen MR) is 48.1 cm³/mol. The molecule has 0 saturated carbocycles. The average Bonchev–Trinajstić information content (AvgIpc) is 2.11. The van der Waals surface area contributed by atoms with E-state index in [2.05, 4.69) is 5.32 Å². The first-order chi connectivity index (χ1) is 6.63. The normalized spacial score (nSPS) is 18.3. The van der Waals surface area contributed by atoms with Gasteiger partial charge in [-0.25, -0.2) is 0 Å². The van der Waals surface area contributed by atoms with Gasteiger partial charge in [-0.3, -0.25) is 10.1 Å². The number of ether oxygens (including phenoxy) is 1. The molecule has 0 aliphatic rings. The Morgan fingerprint density at radius 1 is 1.53 bits per heavy atom. The molecule has 90 valence electrons. The number of hydrogen-bond donors (Lipinski definition) is 2. The Kier molecular flexibility index (Phi) is 4.54. The second-order valence-electron chi connectivity index (χ2n) is 3.41. The molecule has 0 aliphatic carbocycles. The summed E-state index contributed by atoms with van der Waals surface area (Å²) < 4.78 is 40.7. The maximum Gasteiger partial charge on any atom is 0.401 e.